The molecule has 1 aliphatic heterocycles. The summed E-state index contributed by atoms with van der Waals surface area (Å²) in [6.07, 6.45) is 0. The van der Waals surface area contributed by atoms with Crippen LogP contribution in [-0.4, -0.2) is 62.0 Å². The van der Waals surface area contributed by atoms with E-state index in [9.17, 15) is 9.90 Å². The Balaban J connectivity index is 2.04. The van der Waals surface area contributed by atoms with Gasteiger partial charge in [-0.15, -0.1) is 0 Å². The molecule has 1 heterocycles. The summed E-state index contributed by atoms with van der Waals surface area (Å²) in [5.41, 5.74) is 1.11. The number of carbonyl (C=O) groups is 1. The van der Waals surface area contributed by atoms with Crippen LogP contribution < -0.4 is 10.1 Å². The van der Waals surface area contributed by atoms with Crippen molar-refractivity contribution in [3.8, 4) is 5.75 Å². The van der Waals surface area contributed by atoms with Crippen LogP contribution in [0.25, 0.3) is 0 Å². The third kappa shape index (κ3) is 3.93. The van der Waals surface area contributed by atoms with Crippen LogP contribution in [0, 0.1) is 0 Å². The van der Waals surface area contributed by atoms with Crippen molar-refractivity contribution in [2.45, 2.75) is 18.6 Å². The maximum absolute atomic E-state index is 11.7. The highest BCUT2D eigenvalue weighted by atomic mass is 16.5. The van der Waals surface area contributed by atoms with E-state index in [4.69, 9.17) is 9.47 Å². The predicted molar refractivity (Wildman–Crippen MR) is 78.1 cm³/mol. The van der Waals surface area contributed by atoms with Crippen molar-refractivity contribution in [3.63, 3.8) is 0 Å². The molecule has 1 aliphatic rings. The van der Waals surface area contributed by atoms with E-state index in [0.29, 0.717) is 19.6 Å². The number of hydrogen-bond donors (Lipinski definition) is 2. The lowest BCUT2D eigenvalue weighted by Crippen LogP contribution is -2.60. The zero-order valence-electron chi connectivity index (χ0n) is 12.4. The van der Waals surface area contributed by atoms with E-state index in [-0.39, 0.29) is 24.7 Å². The molecule has 0 unspecified atom stereocenters. The number of rotatable bonds is 5. The molecule has 0 amide bonds. The lowest BCUT2D eigenvalue weighted by molar-refractivity contribution is -0.145. The highest BCUT2D eigenvalue weighted by molar-refractivity contribution is 5.76. The van der Waals surface area contributed by atoms with E-state index in [2.05, 4.69) is 10.2 Å². The quantitative estimate of drug-likeness (QED) is 0.745. The first-order valence-electron chi connectivity index (χ1n) is 6.97. The average molecular weight is 294 g/mol. The summed E-state index contributed by atoms with van der Waals surface area (Å²) in [6, 6.07) is 7.43. The van der Waals surface area contributed by atoms with Gasteiger partial charge in [0.25, 0.3) is 0 Å². The lowest BCUT2D eigenvalue weighted by atomic mass is 10.1. The van der Waals surface area contributed by atoms with Crippen molar-refractivity contribution in [1.82, 2.24) is 10.2 Å². The summed E-state index contributed by atoms with van der Waals surface area (Å²) < 4.78 is 9.92. The Morgan fingerprint density at radius 3 is 2.67 bits per heavy atom. The van der Waals surface area contributed by atoms with Crippen LogP contribution in [0.5, 0.6) is 5.75 Å². The van der Waals surface area contributed by atoms with E-state index in [1.54, 1.807) is 7.11 Å². The summed E-state index contributed by atoms with van der Waals surface area (Å²) in [7, 11) is 3.02. The van der Waals surface area contributed by atoms with Gasteiger partial charge >= 0.3 is 5.97 Å². The SMILES string of the molecule is COC(=O)[C@@H]1CN(Cc2ccc(OC)cc2)[C@@H](CO)CN1. The first-order chi connectivity index (χ1) is 10.2. The van der Waals surface area contributed by atoms with Crippen LogP contribution >= 0.6 is 0 Å². The number of aliphatic hydroxyl groups is 1. The minimum Gasteiger partial charge on any atom is -0.497 e. The number of nitrogens with zero attached hydrogens (tertiary/aromatic N) is 1. The topological polar surface area (TPSA) is 71.0 Å². The molecule has 6 nitrogen and oxygen atoms in total. The lowest BCUT2D eigenvalue weighted by Gasteiger charge is -2.38. The van der Waals surface area contributed by atoms with Gasteiger partial charge in [0.05, 0.1) is 20.8 Å². The fraction of sp³-hybridized carbons (Fsp3) is 0.533. The zero-order chi connectivity index (χ0) is 15.2. The summed E-state index contributed by atoms with van der Waals surface area (Å²) in [5, 5.41) is 12.6. The molecule has 1 fully saturated rings. The van der Waals surface area contributed by atoms with E-state index in [1.165, 1.54) is 7.11 Å². The minimum absolute atomic E-state index is 0.00647. The molecule has 6 heteroatoms. The number of ether oxygens (including phenoxy) is 2. The van der Waals surface area contributed by atoms with E-state index in [1.807, 2.05) is 24.3 Å². The van der Waals surface area contributed by atoms with Gasteiger partial charge in [0.2, 0.25) is 0 Å². The van der Waals surface area contributed by atoms with Gasteiger partial charge in [-0.2, -0.15) is 0 Å². The van der Waals surface area contributed by atoms with Crippen molar-refractivity contribution >= 4 is 5.97 Å². The number of hydrogen-bond acceptors (Lipinski definition) is 6. The Bertz CT molecular complexity index is 463. The highest BCUT2D eigenvalue weighted by Crippen LogP contribution is 2.16. The highest BCUT2D eigenvalue weighted by Gasteiger charge is 2.31. The van der Waals surface area contributed by atoms with Crippen LogP contribution in [0.1, 0.15) is 5.56 Å². The van der Waals surface area contributed by atoms with Crippen molar-refractivity contribution in [2.24, 2.45) is 0 Å². The smallest absolute Gasteiger partial charge is 0.324 e. The van der Waals surface area contributed by atoms with E-state index < -0.39 is 0 Å². The van der Waals surface area contributed by atoms with Gasteiger partial charge in [-0.3, -0.25) is 9.69 Å². The number of aliphatic hydroxyl groups excluding tert-OH is 1. The molecule has 0 spiro atoms. The number of carbonyl (C=O) groups excluding carboxylic acids is 1. The first kappa shape index (κ1) is 15.8. The van der Waals surface area contributed by atoms with Crippen molar-refractivity contribution in [3.05, 3.63) is 29.8 Å². The third-order valence-electron chi connectivity index (χ3n) is 3.77. The second-order valence-corrected chi connectivity index (χ2v) is 5.10. The van der Waals surface area contributed by atoms with Crippen molar-refractivity contribution in [2.75, 3.05) is 33.9 Å². The molecular formula is C15H22N2O4. The molecule has 21 heavy (non-hydrogen) atoms. The van der Waals surface area contributed by atoms with Crippen LogP contribution in [-0.2, 0) is 16.1 Å². The number of methoxy groups -OCH3 is 2. The van der Waals surface area contributed by atoms with E-state index >= 15 is 0 Å². The predicted octanol–water partition coefficient (Wildman–Crippen LogP) is 0.00290. The molecule has 116 valence electrons. The monoisotopic (exact) mass is 294 g/mol. The molecule has 0 aliphatic carbocycles. The Hall–Kier alpha value is -1.63. The fourth-order valence-electron chi connectivity index (χ4n) is 2.49. The molecule has 1 saturated heterocycles. The Kier molecular flexibility index (Phi) is 5.55. The minimum atomic E-state index is -0.351. The van der Waals surface area contributed by atoms with Crippen LogP contribution in [0.15, 0.2) is 24.3 Å². The summed E-state index contributed by atoms with van der Waals surface area (Å²) in [4.78, 5) is 13.8. The number of nitrogens with one attached hydrogen (secondary N) is 1. The number of benzene rings is 1. The second kappa shape index (κ2) is 7.40. The average Bonchev–Trinajstić information content (AvgIpc) is 2.54. The Morgan fingerprint density at radius 1 is 1.38 bits per heavy atom. The van der Waals surface area contributed by atoms with E-state index in [0.717, 1.165) is 11.3 Å². The summed E-state index contributed by atoms with van der Waals surface area (Å²) in [6.45, 7) is 1.80. The normalized spacial score (nSPS) is 22.8. The van der Waals surface area contributed by atoms with Gasteiger partial charge in [0.15, 0.2) is 0 Å². The maximum Gasteiger partial charge on any atom is 0.324 e. The van der Waals surface area contributed by atoms with Gasteiger partial charge in [0, 0.05) is 25.7 Å². The standard InChI is InChI=1S/C15H22N2O4/c1-20-13-5-3-11(4-6-13)8-17-9-14(15(19)21-2)16-7-12(17)10-18/h3-6,12,14,16,18H,7-10H2,1-2H3/t12-,14+/m1/s1. The third-order valence-corrected chi connectivity index (χ3v) is 3.77. The van der Waals surface area contributed by atoms with Crippen LogP contribution in [0.4, 0.5) is 0 Å². The zero-order valence-corrected chi connectivity index (χ0v) is 12.4. The number of piperazine rings is 1. The van der Waals surface area contributed by atoms with Crippen molar-refractivity contribution in [1.29, 1.82) is 0 Å². The van der Waals surface area contributed by atoms with Gasteiger partial charge in [0.1, 0.15) is 11.8 Å². The molecule has 0 saturated carbocycles. The summed E-state index contributed by atoms with van der Waals surface area (Å²) >= 11 is 0. The molecule has 2 N–H and O–H groups in total. The Morgan fingerprint density at radius 2 is 2.10 bits per heavy atom. The molecule has 0 radical (unpaired) electrons. The first-order valence-corrected chi connectivity index (χ1v) is 6.97. The largest absolute Gasteiger partial charge is 0.497 e. The van der Waals surface area contributed by atoms with Gasteiger partial charge in [-0.05, 0) is 17.7 Å². The maximum atomic E-state index is 11.7. The second-order valence-electron chi connectivity index (χ2n) is 5.10. The molecule has 2 rings (SSSR count). The molecular weight excluding hydrogens is 272 g/mol. The number of esters is 1. The molecule has 0 aromatic heterocycles. The fourth-order valence-corrected chi connectivity index (χ4v) is 2.49. The molecule has 2 atom stereocenters. The van der Waals surface area contributed by atoms with Gasteiger partial charge in [-0.25, -0.2) is 0 Å². The summed E-state index contributed by atoms with van der Waals surface area (Å²) in [5.74, 6) is 0.538. The molecule has 1 aromatic rings. The van der Waals surface area contributed by atoms with Crippen LogP contribution in [0.3, 0.4) is 0 Å². The van der Waals surface area contributed by atoms with Gasteiger partial charge in [-0.1, -0.05) is 12.1 Å². The van der Waals surface area contributed by atoms with Crippen molar-refractivity contribution < 1.29 is 19.4 Å². The van der Waals surface area contributed by atoms with Gasteiger partial charge < -0.3 is 19.9 Å². The molecule has 0 bridgehead atoms. The Labute approximate surface area is 124 Å². The molecule has 1 aromatic carbocycles. The van der Waals surface area contributed by atoms with Crippen LogP contribution in [0.2, 0.25) is 0 Å².